The highest BCUT2D eigenvalue weighted by atomic mass is 16.5. The second-order valence-corrected chi connectivity index (χ2v) is 5.31. The third-order valence-corrected chi connectivity index (χ3v) is 3.90. The molecule has 4 heteroatoms. The van der Waals surface area contributed by atoms with Gasteiger partial charge in [0.15, 0.2) is 0 Å². The molecule has 1 N–H and O–H groups in total. The third kappa shape index (κ3) is 3.34. The van der Waals surface area contributed by atoms with Gasteiger partial charge in [0.25, 0.3) is 0 Å². The maximum Gasteiger partial charge on any atom is 0.143 e. The Labute approximate surface area is 131 Å². The fraction of sp³-hybridized carbons (Fsp3) is 0.333. The number of nitrogens with zero attached hydrogens (tertiary/aromatic N) is 1. The van der Waals surface area contributed by atoms with Crippen molar-refractivity contribution < 1.29 is 9.47 Å². The number of para-hydroxylation sites is 3. The number of nitrogens with one attached hydrogen (secondary N) is 1. The van der Waals surface area contributed by atoms with Gasteiger partial charge in [0, 0.05) is 31.7 Å². The zero-order chi connectivity index (χ0) is 15.2. The van der Waals surface area contributed by atoms with Crippen LogP contribution in [-0.4, -0.2) is 33.3 Å². The molecule has 0 amide bonds. The molecular formula is C18H22N2O2. The lowest BCUT2D eigenvalue weighted by atomic mass is 10.2. The Kier molecular flexibility index (Phi) is 4.81. The van der Waals surface area contributed by atoms with E-state index in [2.05, 4.69) is 22.3 Å². The SMILES string of the molecule is COc1ccccc1COc1ccccc1N1CCNCC1. The lowest BCUT2D eigenvalue weighted by Crippen LogP contribution is -2.43. The molecule has 22 heavy (non-hydrogen) atoms. The number of hydrogen-bond acceptors (Lipinski definition) is 4. The van der Waals surface area contributed by atoms with Crippen LogP contribution in [0.15, 0.2) is 48.5 Å². The molecule has 0 atom stereocenters. The smallest absolute Gasteiger partial charge is 0.143 e. The molecule has 1 aliphatic heterocycles. The summed E-state index contributed by atoms with van der Waals surface area (Å²) in [5, 5.41) is 3.38. The second-order valence-electron chi connectivity index (χ2n) is 5.31. The van der Waals surface area contributed by atoms with Crippen LogP contribution < -0.4 is 19.7 Å². The molecule has 3 rings (SSSR count). The Hall–Kier alpha value is -2.20. The van der Waals surface area contributed by atoms with Crippen LogP contribution in [0.25, 0.3) is 0 Å². The first-order valence-electron chi connectivity index (χ1n) is 7.68. The Morgan fingerprint density at radius 1 is 0.955 bits per heavy atom. The van der Waals surface area contributed by atoms with Gasteiger partial charge >= 0.3 is 0 Å². The van der Waals surface area contributed by atoms with Crippen LogP contribution in [0.2, 0.25) is 0 Å². The van der Waals surface area contributed by atoms with E-state index in [9.17, 15) is 0 Å². The average Bonchev–Trinajstić information content (AvgIpc) is 2.61. The first kappa shape index (κ1) is 14.7. The van der Waals surface area contributed by atoms with E-state index >= 15 is 0 Å². The Morgan fingerprint density at radius 3 is 2.41 bits per heavy atom. The summed E-state index contributed by atoms with van der Waals surface area (Å²) >= 11 is 0. The molecular weight excluding hydrogens is 276 g/mol. The topological polar surface area (TPSA) is 33.7 Å². The van der Waals surface area contributed by atoms with Gasteiger partial charge in [0.1, 0.15) is 18.1 Å². The van der Waals surface area contributed by atoms with E-state index in [1.807, 2.05) is 36.4 Å². The summed E-state index contributed by atoms with van der Waals surface area (Å²) in [5.74, 6) is 1.79. The van der Waals surface area contributed by atoms with Crippen LogP contribution in [0.3, 0.4) is 0 Å². The molecule has 0 aliphatic carbocycles. The highest BCUT2D eigenvalue weighted by Gasteiger charge is 2.15. The normalized spacial score (nSPS) is 14.7. The van der Waals surface area contributed by atoms with E-state index in [-0.39, 0.29) is 0 Å². The van der Waals surface area contributed by atoms with Crippen molar-refractivity contribution in [2.75, 3.05) is 38.2 Å². The molecule has 0 saturated carbocycles. The molecule has 0 radical (unpaired) electrons. The van der Waals surface area contributed by atoms with Crippen molar-refractivity contribution in [2.24, 2.45) is 0 Å². The van der Waals surface area contributed by atoms with E-state index < -0.39 is 0 Å². The standard InChI is InChI=1S/C18H22N2O2/c1-21-17-8-4-2-6-15(17)14-22-18-9-5-3-7-16(18)20-12-10-19-11-13-20/h2-9,19H,10-14H2,1H3. The zero-order valence-electron chi connectivity index (χ0n) is 12.9. The highest BCUT2D eigenvalue weighted by Crippen LogP contribution is 2.29. The van der Waals surface area contributed by atoms with Gasteiger partial charge in [-0.05, 0) is 18.2 Å². The van der Waals surface area contributed by atoms with E-state index in [4.69, 9.17) is 9.47 Å². The lowest BCUT2D eigenvalue weighted by molar-refractivity contribution is 0.296. The molecule has 2 aromatic carbocycles. The molecule has 116 valence electrons. The highest BCUT2D eigenvalue weighted by molar-refractivity contribution is 5.58. The summed E-state index contributed by atoms with van der Waals surface area (Å²) in [6, 6.07) is 16.2. The Balaban J connectivity index is 1.75. The molecule has 0 aromatic heterocycles. The monoisotopic (exact) mass is 298 g/mol. The van der Waals surface area contributed by atoms with Crippen LogP contribution in [-0.2, 0) is 6.61 Å². The number of benzene rings is 2. The summed E-state index contributed by atoms with van der Waals surface area (Å²) < 4.78 is 11.5. The molecule has 1 fully saturated rings. The van der Waals surface area contributed by atoms with E-state index in [1.165, 1.54) is 5.69 Å². The van der Waals surface area contributed by atoms with Crippen molar-refractivity contribution in [1.82, 2.24) is 5.32 Å². The molecule has 2 aromatic rings. The predicted molar refractivity (Wildman–Crippen MR) is 88.9 cm³/mol. The molecule has 1 saturated heterocycles. The number of methoxy groups -OCH3 is 1. The largest absolute Gasteiger partial charge is 0.496 e. The molecule has 1 aliphatic rings. The first-order chi connectivity index (χ1) is 10.9. The number of ether oxygens (including phenoxy) is 2. The summed E-state index contributed by atoms with van der Waals surface area (Å²) in [5.41, 5.74) is 2.22. The third-order valence-electron chi connectivity index (χ3n) is 3.90. The van der Waals surface area contributed by atoms with Gasteiger partial charge in [0.05, 0.1) is 12.8 Å². The lowest BCUT2D eigenvalue weighted by Gasteiger charge is -2.30. The quantitative estimate of drug-likeness (QED) is 0.920. The Morgan fingerprint density at radius 2 is 1.64 bits per heavy atom. The minimum absolute atomic E-state index is 0.507. The van der Waals surface area contributed by atoms with Crippen molar-refractivity contribution in [3.05, 3.63) is 54.1 Å². The summed E-state index contributed by atoms with van der Waals surface area (Å²) in [6.07, 6.45) is 0. The summed E-state index contributed by atoms with van der Waals surface area (Å²) in [7, 11) is 1.69. The molecule has 1 heterocycles. The van der Waals surface area contributed by atoms with Gasteiger partial charge in [-0.2, -0.15) is 0 Å². The maximum absolute atomic E-state index is 6.08. The second kappa shape index (κ2) is 7.18. The van der Waals surface area contributed by atoms with Gasteiger partial charge in [-0.3, -0.25) is 0 Å². The van der Waals surface area contributed by atoms with Crippen molar-refractivity contribution in [3.63, 3.8) is 0 Å². The van der Waals surface area contributed by atoms with Gasteiger partial charge in [-0.15, -0.1) is 0 Å². The molecule has 0 bridgehead atoms. The fourth-order valence-corrected chi connectivity index (χ4v) is 2.72. The van der Waals surface area contributed by atoms with Gasteiger partial charge in [-0.25, -0.2) is 0 Å². The van der Waals surface area contributed by atoms with Crippen LogP contribution in [0.4, 0.5) is 5.69 Å². The zero-order valence-corrected chi connectivity index (χ0v) is 12.9. The van der Waals surface area contributed by atoms with Crippen molar-refractivity contribution in [2.45, 2.75) is 6.61 Å². The van der Waals surface area contributed by atoms with E-state index in [1.54, 1.807) is 7.11 Å². The summed E-state index contributed by atoms with van der Waals surface area (Å²) in [4.78, 5) is 2.37. The van der Waals surface area contributed by atoms with Crippen LogP contribution in [0.1, 0.15) is 5.56 Å². The number of piperazine rings is 1. The van der Waals surface area contributed by atoms with Gasteiger partial charge in [-0.1, -0.05) is 30.3 Å². The number of rotatable bonds is 5. The minimum atomic E-state index is 0.507. The number of anilines is 1. The predicted octanol–water partition coefficient (Wildman–Crippen LogP) is 2.68. The van der Waals surface area contributed by atoms with Gasteiger partial charge in [0.2, 0.25) is 0 Å². The minimum Gasteiger partial charge on any atom is -0.496 e. The molecule has 0 unspecified atom stereocenters. The van der Waals surface area contributed by atoms with Crippen LogP contribution in [0.5, 0.6) is 11.5 Å². The van der Waals surface area contributed by atoms with Crippen LogP contribution in [0, 0.1) is 0 Å². The van der Waals surface area contributed by atoms with Crippen molar-refractivity contribution in [1.29, 1.82) is 0 Å². The summed E-state index contributed by atoms with van der Waals surface area (Å²) in [6.45, 7) is 4.55. The fourth-order valence-electron chi connectivity index (χ4n) is 2.72. The molecule has 0 spiro atoms. The van der Waals surface area contributed by atoms with Gasteiger partial charge < -0.3 is 19.7 Å². The van der Waals surface area contributed by atoms with Crippen molar-refractivity contribution >= 4 is 5.69 Å². The van der Waals surface area contributed by atoms with E-state index in [0.717, 1.165) is 43.2 Å². The average molecular weight is 298 g/mol. The number of hydrogen-bond donors (Lipinski definition) is 1. The Bertz CT molecular complexity index is 610. The van der Waals surface area contributed by atoms with Crippen LogP contribution >= 0.6 is 0 Å². The maximum atomic E-state index is 6.08. The first-order valence-corrected chi connectivity index (χ1v) is 7.68. The molecule has 4 nitrogen and oxygen atoms in total. The van der Waals surface area contributed by atoms with Crippen molar-refractivity contribution in [3.8, 4) is 11.5 Å². The van der Waals surface area contributed by atoms with E-state index in [0.29, 0.717) is 6.61 Å².